The van der Waals surface area contributed by atoms with E-state index in [0.29, 0.717) is 41.9 Å². The van der Waals surface area contributed by atoms with E-state index >= 15 is 0 Å². The Hall–Kier alpha value is -5.14. The van der Waals surface area contributed by atoms with Crippen molar-refractivity contribution in [2.24, 2.45) is 0 Å². The summed E-state index contributed by atoms with van der Waals surface area (Å²) in [7, 11) is 1.41. The van der Waals surface area contributed by atoms with E-state index in [1.165, 1.54) is 58.1 Å². The van der Waals surface area contributed by atoms with Crippen LogP contribution in [0.25, 0.3) is 5.69 Å². The highest BCUT2D eigenvalue weighted by atomic mass is 19.4. The van der Waals surface area contributed by atoms with Crippen molar-refractivity contribution in [2.45, 2.75) is 33.5 Å². The van der Waals surface area contributed by atoms with Crippen LogP contribution < -0.4 is 25.2 Å². The third-order valence-corrected chi connectivity index (χ3v) is 6.88. The van der Waals surface area contributed by atoms with Crippen LogP contribution in [0.5, 0.6) is 5.75 Å². The van der Waals surface area contributed by atoms with Gasteiger partial charge in [0.15, 0.2) is 0 Å². The first-order valence-electron chi connectivity index (χ1n) is 13.4. The summed E-state index contributed by atoms with van der Waals surface area (Å²) < 4.78 is 48.8. The molecule has 11 nitrogen and oxygen atoms in total. The van der Waals surface area contributed by atoms with E-state index in [9.17, 15) is 22.8 Å². The Labute approximate surface area is 245 Å². The second-order valence-electron chi connectivity index (χ2n) is 9.63. The van der Waals surface area contributed by atoms with Crippen LogP contribution in [0, 0.1) is 6.92 Å². The number of anilines is 4. The lowest BCUT2D eigenvalue weighted by Gasteiger charge is -2.35. The molecule has 224 valence electrons. The van der Waals surface area contributed by atoms with Gasteiger partial charge in [0, 0.05) is 54.6 Å². The predicted molar refractivity (Wildman–Crippen MR) is 155 cm³/mol. The van der Waals surface area contributed by atoms with Crippen molar-refractivity contribution >= 4 is 35.1 Å². The van der Waals surface area contributed by atoms with Gasteiger partial charge in [0.25, 0.3) is 5.91 Å². The minimum atomic E-state index is -4.69. The molecule has 0 saturated heterocycles. The maximum absolute atomic E-state index is 14.0. The van der Waals surface area contributed by atoms with E-state index < -0.39 is 17.6 Å². The predicted octanol–water partition coefficient (Wildman–Crippen LogP) is 5.65. The fourth-order valence-corrected chi connectivity index (χ4v) is 4.82. The number of hydrogen-bond donors (Lipinski definition) is 2. The molecule has 2 aromatic heterocycles. The maximum Gasteiger partial charge on any atom is 0.418 e. The van der Waals surface area contributed by atoms with Crippen LogP contribution in [0.15, 0.2) is 55.0 Å². The minimum absolute atomic E-state index is 0.0583. The Kier molecular flexibility index (Phi) is 7.93. The van der Waals surface area contributed by atoms with Crippen molar-refractivity contribution in [1.82, 2.24) is 19.5 Å². The molecular formula is C29H29F3N8O3. The van der Waals surface area contributed by atoms with E-state index in [1.807, 2.05) is 13.8 Å². The van der Waals surface area contributed by atoms with Crippen LogP contribution in [0.1, 0.15) is 41.2 Å². The number of imidazole rings is 1. The Morgan fingerprint density at radius 1 is 1.12 bits per heavy atom. The summed E-state index contributed by atoms with van der Waals surface area (Å²) >= 11 is 0. The number of nitrogens with one attached hydrogen (secondary N) is 2. The number of aryl methyl sites for hydroxylation is 1. The summed E-state index contributed by atoms with van der Waals surface area (Å²) in [6.45, 7) is 6.41. The van der Waals surface area contributed by atoms with Crippen molar-refractivity contribution < 1.29 is 27.5 Å². The monoisotopic (exact) mass is 594 g/mol. The van der Waals surface area contributed by atoms with E-state index in [-0.39, 0.29) is 35.3 Å². The summed E-state index contributed by atoms with van der Waals surface area (Å²) in [5, 5.41) is 5.58. The molecule has 1 aliphatic heterocycles. The van der Waals surface area contributed by atoms with Crippen molar-refractivity contribution in [3.8, 4) is 11.4 Å². The molecule has 0 radical (unpaired) electrons. The fourth-order valence-electron chi connectivity index (χ4n) is 4.82. The lowest BCUT2D eigenvalue weighted by atomic mass is 10.1. The van der Waals surface area contributed by atoms with Gasteiger partial charge in [-0.2, -0.15) is 18.2 Å². The van der Waals surface area contributed by atoms with E-state index in [2.05, 4.69) is 25.6 Å². The van der Waals surface area contributed by atoms with Gasteiger partial charge in [-0.05, 0) is 51.1 Å². The zero-order chi connectivity index (χ0) is 30.9. The van der Waals surface area contributed by atoms with Crippen LogP contribution in [0.4, 0.5) is 41.1 Å². The Morgan fingerprint density at radius 3 is 2.56 bits per heavy atom. The number of methoxy groups -OCH3 is 1. The molecule has 0 bridgehead atoms. The molecule has 4 aromatic rings. The molecule has 0 atom stereocenters. The maximum atomic E-state index is 14.0. The normalized spacial score (nSPS) is 13.1. The van der Waals surface area contributed by atoms with Crippen LogP contribution in [-0.2, 0) is 12.7 Å². The van der Waals surface area contributed by atoms with Gasteiger partial charge < -0.3 is 19.9 Å². The van der Waals surface area contributed by atoms with E-state index in [0.717, 1.165) is 6.07 Å². The number of amides is 3. The number of rotatable bonds is 8. The number of alkyl halides is 3. The average molecular weight is 595 g/mol. The molecule has 2 aromatic carbocycles. The standard InChI is InChI=1S/C29H29F3N8O3/c1-5-33-27-35-15-19-16-40(28(42)38(6-2)25(19)37-27)21-11-18(12-22(14-21)43-4)26(41)36-20-7-8-24(23(13-20)29(30,31)32)39-10-9-34-17(39)3/h7-15H,5-6,16H2,1-4H3,(H,36,41)(H,33,35,37). The number of halogens is 3. The largest absolute Gasteiger partial charge is 0.497 e. The third-order valence-electron chi connectivity index (χ3n) is 6.88. The quantitative estimate of drug-likeness (QED) is 0.271. The van der Waals surface area contributed by atoms with Gasteiger partial charge in [-0.15, -0.1) is 0 Å². The number of carbonyl (C=O) groups excluding carboxylic acids is 2. The fraction of sp³-hybridized carbons (Fsp3) is 0.276. The van der Waals surface area contributed by atoms with Gasteiger partial charge in [-0.1, -0.05) is 0 Å². The summed E-state index contributed by atoms with van der Waals surface area (Å²) in [4.78, 5) is 42.7. The SMILES string of the molecule is CCNc1ncc2c(n1)N(CC)C(=O)N(c1cc(OC)cc(C(=O)Nc3ccc(-n4ccnc4C)c(C(F)(F)F)c3)c1)C2. The smallest absolute Gasteiger partial charge is 0.418 e. The van der Waals surface area contributed by atoms with Gasteiger partial charge in [0.05, 0.1) is 30.6 Å². The zero-order valence-electron chi connectivity index (χ0n) is 23.9. The number of fused-ring (bicyclic) bond motifs is 1. The molecule has 1 aliphatic rings. The van der Waals surface area contributed by atoms with Crippen molar-refractivity contribution in [3.63, 3.8) is 0 Å². The lowest BCUT2D eigenvalue weighted by Crippen LogP contribution is -2.48. The van der Waals surface area contributed by atoms with Crippen molar-refractivity contribution in [1.29, 1.82) is 0 Å². The highest BCUT2D eigenvalue weighted by Crippen LogP contribution is 2.37. The molecule has 0 spiro atoms. The topological polar surface area (TPSA) is 118 Å². The molecule has 0 unspecified atom stereocenters. The summed E-state index contributed by atoms with van der Waals surface area (Å²) in [6, 6.07) is 7.70. The van der Waals surface area contributed by atoms with E-state index in [1.54, 1.807) is 19.2 Å². The number of urea groups is 1. The second kappa shape index (κ2) is 11.6. The second-order valence-corrected chi connectivity index (χ2v) is 9.63. The van der Waals surface area contributed by atoms with Gasteiger partial charge >= 0.3 is 12.2 Å². The van der Waals surface area contributed by atoms with Gasteiger partial charge in [0.2, 0.25) is 5.95 Å². The molecule has 3 amide bonds. The first-order valence-corrected chi connectivity index (χ1v) is 13.4. The number of hydrogen-bond acceptors (Lipinski definition) is 7. The minimum Gasteiger partial charge on any atom is -0.497 e. The zero-order valence-corrected chi connectivity index (χ0v) is 23.9. The molecule has 0 fully saturated rings. The molecule has 5 rings (SSSR count). The average Bonchev–Trinajstić information content (AvgIpc) is 3.41. The Balaban J connectivity index is 1.46. The molecule has 0 saturated carbocycles. The molecule has 3 heterocycles. The van der Waals surface area contributed by atoms with Gasteiger partial charge in [0.1, 0.15) is 17.4 Å². The van der Waals surface area contributed by atoms with Crippen molar-refractivity contribution in [2.75, 3.05) is 40.6 Å². The van der Waals surface area contributed by atoms with Crippen LogP contribution >= 0.6 is 0 Å². The first-order chi connectivity index (χ1) is 20.5. The Morgan fingerprint density at radius 2 is 1.91 bits per heavy atom. The summed E-state index contributed by atoms with van der Waals surface area (Å²) in [6.07, 6.45) is -0.208. The Bertz CT molecular complexity index is 1690. The summed E-state index contributed by atoms with van der Waals surface area (Å²) in [5.41, 5.74) is 0.0282. The van der Waals surface area contributed by atoms with Crippen molar-refractivity contribution in [3.05, 3.63) is 77.5 Å². The molecule has 0 aliphatic carbocycles. The van der Waals surface area contributed by atoms with Crippen LogP contribution in [0.2, 0.25) is 0 Å². The van der Waals surface area contributed by atoms with Crippen LogP contribution in [-0.4, -0.2) is 51.7 Å². The lowest BCUT2D eigenvalue weighted by molar-refractivity contribution is -0.137. The first kappa shape index (κ1) is 29.4. The number of aromatic nitrogens is 4. The number of nitrogens with zero attached hydrogens (tertiary/aromatic N) is 6. The number of benzene rings is 2. The highest BCUT2D eigenvalue weighted by molar-refractivity contribution is 6.08. The highest BCUT2D eigenvalue weighted by Gasteiger charge is 2.35. The summed E-state index contributed by atoms with van der Waals surface area (Å²) in [5.74, 6) is 0.876. The van der Waals surface area contributed by atoms with Gasteiger partial charge in [-0.25, -0.2) is 14.8 Å². The number of carbonyl (C=O) groups is 2. The van der Waals surface area contributed by atoms with E-state index in [4.69, 9.17) is 4.74 Å². The van der Waals surface area contributed by atoms with Gasteiger partial charge in [-0.3, -0.25) is 14.6 Å². The number of ether oxygens (including phenoxy) is 1. The molecule has 43 heavy (non-hydrogen) atoms. The molecule has 14 heteroatoms. The molecule has 2 N–H and O–H groups in total. The molecular weight excluding hydrogens is 565 g/mol. The third kappa shape index (κ3) is 5.80. The van der Waals surface area contributed by atoms with Crippen LogP contribution in [0.3, 0.4) is 0 Å².